The lowest BCUT2D eigenvalue weighted by atomic mass is 10.1. The first-order valence-electron chi connectivity index (χ1n) is 9.53. The molecule has 29 heavy (non-hydrogen) atoms. The first kappa shape index (κ1) is 18.5. The van der Waals surface area contributed by atoms with Crippen molar-refractivity contribution in [2.75, 3.05) is 0 Å². The molecular formula is C25H21N3O. The van der Waals surface area contributed by atoms with E-state index in [0.29, 0.717) is 0 Å². The van der Waals surface area contributed by atoms with Gasteiger partial charge < -0.3 is 9.88 Å². The van der Waals surface area contributed by atoms with Crippen LogP contribution in [0.2, 0.25) is 0 Å². The molecule has 0 spiro atoms. The van der Waals surface area contributed by atoms with Crippen molar-refractivity contribution in [3.05, 3.63) is 89.5 Å². The molecule has 0 radical (unpaired) electrons. The molecule has 3 aromatic carbocycles. The standard InChI is InChI=1S/C25H21N3O/c1-17(19-8-4-3-5-9-19)27-25(29)20(16-26)14-18-12-13-24-22(15-18)21-10-6-7-11-23(21)28(24)2/h3-15,17H,1-2H3,(H,27,29). The van der Waals surface area contributed by atoms with Crippen LogP contribution in [0.4, 0.5) is 0 Å². The maximum Gasteiger partial charge on any atom is 0.262 e. The van der Waals surface area contributed by atoms with Crippen molar-refractivity contribution in [2.24, 2.45) is 7.05 Å². The van der Waals surface area contributed by atoms with Crippen molar-refractivity contribution >= 4 is 33.8 Å². The number of aryl methyl sites for hydroxylation is 1. The fraction of sp³-hybridized carbons (Fsp3) is 0.120. The number of benzene rings is 3. The van der Waals surface area contributed by atoms with E-state index >= 15 is 0 Å². The van der Waals surface area contributed by atoms with Gasteiger partial charge in [-0.1, -0.05) is 54.6 Å². The molecule has 1 atom stereocenters. The van der Waals surface area contributed by atoms with Crippen molar-refractivity contribution in [3.8, 4) is 6.07 Å². The monoisotopic (exact) mass is 379 g/mol. The zero-order valence-electron chi connectivity index (χ0n) is 16.4. The summed E-state index contributed by atoms with van der Waals surface area (Å²) in [7, 11) is 2.04. The lowest BCUT2D eigenvalue weighted by Crippen LogP contribution is -2.27. The van der Waals surface area contributed by atoms with Crippen molar-refractivity contribution in [2.45, 2.75) is 13.0 Å². The molecule has 0 aliphatic carbocycles. The SMILES string of the molecule is CC(NC(=O)C(C#N)=Cc1ccc2c(c1)c1ccccc1n2C)c1ccccc1. The van der Waals surface area contributed by atoms with Crippen LogP contribution in [0.25, 0.3) is 27.9 Å². The Morgan fingerprint density at radius 2 is 1.69 bits per heavy atom. The number of hydrogen-bond acceptors (Lipinski definition) is 2. The molecule has 1 heterocycles. The van der Waals surface area contributed by atoms with Crippen LogP contribution in [-0.4, -0.2) is 10.5 Å². The highest BCUT2D eigenvalue weighted by molar-refractivity contribution is 6.09. The van der Waals surface area contributed by atoms with Crippen molar-refractivity contribution < 1.29 is 4.79 Å². The number of para-hydroxylation sites is 1. The number of nitrogens with zero attached hydrogens (tertiary/aromatic N) is 2. The number of fused-ring (bicyclic) bond motifs is 3. The Morgan fingerprint density at radius 1 is 1.00 bits per heavy atom. The molecule has 0 bridgehead atoms. The zero-order valence-corrected chi connectivity index (χ0v) is 16.4. The van der Waals surface area contributed by atoms with Crippen molar-refractivity contribution in [1.82, 2.24) is 9.88 Å². The van der Waals surface area contributed by atoms with E-state index in [9.17, 15) is 10.1 Å². The van der Waals surface area contributed by atoms with Crippen molar-refractivity contribution in [1.29, 1.82) is 5.26 Å². The number of nitriles is 1. The van der Waals surface area contributed by atoms with E-state index in [-0.39, 0.29) is 17.5 Å². The summed E-state index contributed by atoms with van der Waals surface area (Å²) >= 11 is 0. The average molecular weight is 379 g/mol. The summed E-state index contributed by atoms with van der Waals surface area (Å²) in [5.41, 5.74) is 4.18. The minimum absolute atomic E-state index is 0.0902. The van der Waals surface area contributed by atoms with E-state index in [2.05, 4.69) is 22.0 Å². The normalized spacial score (nSPS) is 12.7. The second-order valence-electron chi connectivity index (χ2n) is 7.13. The summed E-state index contributed by atoms with van der Waals surface area (Å²) in [6.45, 7) is 1.91. The van der Waals surface area contributed by atoms with Gasteiger partial charge in [-0.25, -0.2) is 0 Å². The molecule has 1 unspecified atom stereocenters. The molecule has 4 rings (SSSR count). The smallest absolute Gasteiger partial charge is 0.262 e. The van der Waals surface area contributed by atoms with Crippen LogP contribution in [0, 0.1) is 11.3 Å². The summed E-state index contributed by atoms with van der Waals surface area (Å²) in [4.78, 5) is 12.6. The Kier molecular flexibility index (Phi) is 4.88. The van der Waals surface area contributed by atoms with Gasteiger partial charge in [0.1, 0.15) is 11.6 Å². The minimum Gasteiger partial charge on any atom is -0.345 e. The maximum absolute atomic E-state index is 12.6. The quantitative estimate of drug-likeness (QED) is 0.395. The summed E-state index contributed by atoms with van der Waals surface area (Å²) in [6, 6.07) is 25.8. The fourth-order valence-corrected chi connectivity index (χ4v) is 3.69. The fourth-order valence-electron chi connectivity index (χ4n) is 3.69. The van der Waals surface area contributed by atoms with Gasteiger partial charge in [0.05, 0.1) is 6.04 Å². The van der Waals surface area contributed by atoms with Gasteiger partial charge in [-0.3, -0.25) is 4.79 Å². The summed E-state index contributed by atoms with van der Waals surface area (Å²) < 4.78 is 2.15. The van der Waals surface area contributed by atoms with Gasteiger partial charge in [0, 0.05) is 28.9 Å². The Labute approximate surface area is 169 Å². The molecule has 0 saturated heterocycles. The van der Waals surface area contributed by atoms with Crippen LogP contribution >= 0.6 is 0 Å². The molecule has 4 heteroatoms. The number of nitrogens with one attached hydrogen (secondary N) is 1. The Bertz CT molecular complexity index is 1280. The van der Waals surface area contributed by atoms with E-state index in [1.54, 1.807) is 6.08 Å². The molecule has 0 aliphatic rings. The third-order valence-corrected chi connectivity index (χ3v) is 5.26. The molecule has 1 amide bonds. The van der Waals surface area contributed by atoms with Gasteiger partial charge in [0.15, 0.2) is 0 Å². The third kappa shape index (κ3) is 3.51. The first-order chi connectivity index (χ1) is 14.1. The van der Waals surface area contributed by atoms with E-state index in [0.717, 1.165) is 32.9 Å². The average Bonchev–Trinajstić information content (AvgIpc) is 3.04. The molecule has 142 valence electrons. The largest absolute Gasteiger partial charge is 0.345 e. The highest BCUT2D eigenvalue weighted by atomic mass is 16.1. The summed E-state index contributed by atoms with van der Waals surface area (Å²) in [5.74, 6) is -0.373. The van der Waals surface area contributed by atoms with Crippen LogP contribution in [0.15, 0.2) is 78.4 Å². The van der Waals surface area contributed by atoms with Gasteiger partial charge in [-0.05, 0) is 42.3 Å². The molecule has 0 saturated carbocycles. The molecule has 4 nitrogen and oxygen atoms in total. The number of carbonyl (C=O) groups excluding carboxylic acids is 1. The van der Waals surface area contributed by atoms with E-state index in [1.807, 2.05) is 80.7 Å². The molecule has 1 aromatic heterocycles. The number of aromatic nitrogens is 1. The molecular weight excluding hydrogens is 358 g/mol. The zero-order chi connectivity index (χ0) is 20.4. The van der Waals surface area contributed by atoms with Crippen LogP contribution in [0.1, 0.15) is 24.1 Å². The summed E-state index contributed by atoms with van der Waals surface area (Å²) in [5, 5.41) is 14.7. The van der Waals surface area contributed by atoms with Gasteiger partial charge in [0.2, 0.25) is 0 Å². The predicted octanol–water partition coefficient (Wildman–Crippen LogP) is 5.12. The van der Waals surface area contributed by atoms with E-state index < -0.39 is 0 Å². The lowest BCUT2D eigenvalue weighted by Gasteiger charge is -2.13. The number of hydrogen-bond donors (Lipinski definition) is 1. The Morgan fingerprint density at radius 3 is 2.45 bits per heavy atom. The molecule has 0 aliphatic heterocycles. The summed E-state index contributed by atoms with van der Waals surface area (Å²) in [6.07, 6.45) is 1.65. The van der Waals surface area contributed by atoms with Crippen LogP contribution in [0.3, 0.4) is 0 Å². The molecule has 1 N–H and O–H groups in total. The van der Waals surface area contributed by atoms with Crippen LogP contribution in [-0.2, 0) is 11.8 Å². The topological polar surface area (TPSA) is 57.8 Å². The second-order valence-corrected chi connectivity index (χ2v) is 7.13. The Hall–Kier alpha value is -3.84. The van der Waals surface area contributed by atoms with Crippen molar-refractivity contribution in [3.63, 3.8) is 0 Å². The predicted molar refractivity (Wildman–Crippen MR) is 117 cm³/mol. The Balaban J connectivity index is 1.66. The second kappa shape index (κ2) is 7.65. The highest BCUT2D eigenvalue weighted by Gasteiger charge is 2.14. The molecule has 0 fully saturated rings. The van der Waals surface area contributed by atoms with Gasteiger partial charge in [0.25, 0.3) is 5.91 Å². The van der Waals surface area contributed by atoms with Gasteiger partial charge >= 0.3 is 0 Å². The van der Waals surface area contributed by atoms with Crippen LogP contribution in [0.5, 0.6) is 0 Å². The first-order valence-corrected chi connectivity index (χ1v) is 9.53. The van der Waals surface area contributed by atoms with E-state index in [1.165, 1.54) is 0 Å². The molecule has 4 aromatic rings. The number of carbonyl (C=O) groups is 1. The lowest BCUT2D eigenvalue weighted by molar-refractivity contribution is -0.117. The number of rotatable bonds is 4. The number of amides is 1. The van der Waals surface area contributed by atoms with Gasteiger partial charge in [-0.15, -0.1) is 0 Å². The van der Waals surface area contributed by atoms with Gasteiger partial charge in [-0.2, -0.15) is 5.26 Å². The van der Waals surface area contributed by atoms with Crippen LogP contribution < -0.4 is 5.32 Å². The minimum atomic E-state index is -0.373. The van der Waals surface area contributed by atoms with E-state index in [4.69, 9.17) is 0 Å². The maximum atomic E-state index is 12.6. The third-order valence-electron chi connectivity index (χ3n) is 5.26. The highest BCUT2D eigenvalue weighted by Crippen LogP contribution is 2.29.